The van der Waals surface area contributed by atoms with Gasteiger partial charge in [-0.2, -0.15) is 4.31 Å². The molecule has 0 spiro atoms. The summed E-state index contributed by atoms with van der Waals surface area (Å²) in [6.45, 7) is 2.38. The van der Waals surface area contributed by atoms with E-state index in [-0.39, 0.29) is 17.3 Å². The molecule has 2 rings (SSSR count). The van der Waals surface area contributed by atoms with Gasteiger partial charge in [0.2, 0.25) is 15.9 Å². The van der Waals surface area contributed by atoms with Crippen LogP contribution in [0.25, 0.3) is 0 Å². The Bertz CT molecular complexity index is 633. The number of hydrogen-bond acceptors (Lipinski definition) is 4. The molecule has 20 heavy (non-hydrogen) atoms. The SMILES string of the molecule is CCC1C(=O)NCCN1S(=O)(=O)c1ccc(N)cc1Br. The fourth-order valence-electron chi connectivity index (χ4n) is 2.22. The molecular formula is C12H16BrN3O3S. The molecule has 1 amide bonds. The van der Waals surface area contributed by atoms with Gasteiger partial charge in [-0.1, -0.05) is 6.92 Å². The number of hydrogen-bond donors (Lipinski definition) is 2. The minimum atomic E-state index is -3.73. The maximum Gasteiger partial charge on any atom is 0.244 e. The van der Waals surface area contributed by atoms with Crippen LogP contribution in [0.1, 0.15) is 13.3 Å². The van der Waals surface area contributed by atoms with Gasteiger partial charge < -0.3 is 11.1 Å². The number of carbonyl (C=O) groups excluding carboxylic acids is 1. The first kappa shape index (κ1) is 15.3. The van der Waals surface area contributed by atoms with Crippen molar-refractivity contribution in [3.05, 3.63) is 22.7 Å². The second-order valence-electron chi connectivity index (χ2n) is 4.52. The number of nitrogens with one attached hydrogen (secondary N) is 1. The molecule has 0 bridgehead atoms. The van der Waals surface area contributed by atoms with Gasteiger partial charge in [0.15, 0.2) is 0 Å². The summed E-state index contributed by atoms with van der Waals surface area (Å²) in [5.41, 5.74) is 6.09. The van der Waals surface area contributed by atoms with Crippen molar-refractivity contribution in [1.29, 1.82) is 0 Å². The number of nitrogens with two attached hydrogens (primary N) is 1. The zero-order chi connectivity index (χ0) is 14.9. The van der Waals surface area contributed by atoms with Gasteiger partial charge in [-0.25, -0.2) is 8.42 Å². The fourth-order valence-corrected chi connectivity index (χ4v) is 4.94. The number of carbonyl (C=O) groups is 1. The number of anilines is 1. The lowest BCUT2D eigenvalue weighted by atomic mass is 10.2. The molecule has 0 aromatic heterocycles. The highest BCUT2D eigenvalue weighted by Gasteiger charge is 2.38. The maximum absolute atomic E-state index is 12.7. The highest BCUT2D eigenvalue weighted by atomic mass is 79.9. The lowest BCUT2D eigenvalue weighted by Gasteiger charge is -2.33. The third-order valence-electron chi connectivity index (χ3n) is 3.21. The second kappa shape index (κ2) is 5.71. The van der Waals surface area contributed by atoms with Crippen LogP contribution in [-0.2, 0) is 14.8 Å². The van der Waals surface area contributed by atoms with Crippen molar-refractivity contribution in [2.45, 2.75) is 24.3 Å². The molecule has 1 saturated heterocycles. The van der Waals surface area contributed by atoms with Gasteiger partial charge in [-0.3, -0.25) is 4.79 Å². The quantitative estimate of drug-likeness (QED) is 0.783. The van der Waals surface area contributed by atoms with Crippen molar-refractivity contribution in [3.8, 4) is 0 Å². The molecule has 1 fully saturated rings. The third-order valence-corrected chi connectivity index (χ3v) is 6.10. The van der Waals surface area contributed by atoms with Gasteiger partial charge in [-0.15, -0.1) is 0 Å². The molecule has 1 aromatic carbocycles. The van der Waals surface area contributed by atoms with E-state index in [2.05, 4.69) is 21.2 Å². The van der Waals surface area contributed by atoms with E-state index in [4.69, 9.17) is 5.73 Å². The minimum Gasteiger partial charge on any atom is -0.399 e. The summed E-state index contributed by atoms with van der Waals surface area (Å²) in [6.07, 6.45) is 0.428. The number of nitrogens with zero attached hydrogens (tertiary/aromatic N) is 1. The molecule has 3 N–H and O–H groups in total. The molecule has 0 radical (unpaired) electrons. The summed E-state index contributed by atoms with van der Waals surface area (Å²) in [4.78, 5) is 11.9. The van der Waals surface area contributed by atoms with Gasteiger partial charge in [0, 0.05) is 23.2 Å². The Hall–Kier alpha value is -1.12. The van der Waals surface area contributed by atoms with Crippen molar-refractivity contribution in [2.75, 3.05) is 18.8 Å². The molecule has 6 nitrogen and oxygen atoms in total. The summed E-state index contributed by atoms with van der Waals surface area (Å²) < 4.78 is 27.1. The fraction of sp³-hybridized carbons (Fsp3) is 0.417. The van der Waals surface area contributed by atoms with Crippen molar-refractivity contribution in [2.24, 2.45) is 0 Å². The van der Waals surface area contributed by atoms with Crippen LogP contribution in [-0.4, -0.2) is 37.8 Å². The lowest BCUT2D eigenvalue weighted by molar-refractivity contribution is -0.126. The van der Waals surface area contributed by atoms with Gasteiger partial charge in [0.25, 0.3) is 0 Å². The largest absolute Gasteiger partial charge is 0.399 e. The van der Waals surface area contributed by atoms with E-state index in [0.29, 0.717) is 23.1 Å². The Kier molecular flexibility index (Phi) is 4.36. The second-order valence-corrected chi connectivity index (χ2v) is 7.23. The predicted molar refractivity (Wildman–Crippen MR) is 79.5 cm³/mol. The maximum atomic E-state index is 12.7. The van der Waals surface area contributed by atoms with Gasteiger partial charge in [0.1, 0.15) is 6.04 Å². The van der Waals surface area contributed by atoms with Crippen LogP contribution in [0.15, 0.2) is 27.6 Å². The van der Waals surface area contributed by atoms with Crippen molar-refractivity contribution < 1.29 is 13.2 Å². The van der Waals surface area contributed by atoms with E-state index in [0.717, 1.165) is 0 Å². The first-order valence-corrected chi connectivity index (χ1v) is 8.45. The molecule has 0 aliphatic carbocycles. The molecule has 1 unspecified atom stereocenters. The van der Waals surface area contributed by atoms with Crippen molar-refractivity contribution in [3.63, 3.8) is 0 Å². The molecule has 1 aromatic rings. The number of amides is 1. The first-order chi connectivity index (χ1) is 9.37. The topological polar surface area (TPSA) is 92.5 Å². The Morgan fingerprint density at radius 3 is 2.80 bits per heavy atom. The molecule has 1 heterocycles. The van der Waals surface area contributed by atoms with E-state index in [9.17, 15) is 13.2 Å². The number of sulfonamides is 1. The van der Waals surface area contributed by atoms with Crippen LogP contribution in [0.3, 0.4) is 0 Å². The zero-order valence-electron chi connectivity index (χ0n) is 11.0. The Morgan fingerprint density at radius 1 is 1.50 bits per heavy atom. The van der Waals surface area contributed by atoms with E-state index in [1.54, 1.807) is 6.92 Å². The smallest absolute Gasteiger partial charge is 0.244 e. The average Bonchev–Trinajstić information content (AvgIpc) is 2.37. The number of piperazine rings is 1. The Labute approximate surface area is 126 Å². The van der Waals surface area contributed by atoms with Crippen LogP contribution < -0.4 is 11.1 Å². The number of benzene rings is 1. The number of nitrogen functional groups attached to an aromatic ring is 1. The van der Waals surface area contributed by atoms with Crippen LogP contribution in [0.5, 0.6) is 0 Å². The molecular weight excluding hydrogens is 346 g/mol. The Balaban J connectivity index is 2.45. The first-order valence-electron chi connectivity index (χ1n) is 6.22. The summed E-state index contributed by atoms with van der Waals surface area (Å²) in [6, 6.07) is 3.85. The van der Waals surface area contributed by atoms with Crippen LogP contribution in [0.2, 0.25) is 0 Å². The highest BCUT2D eigenvalue weighted by Crippen LogP contribution is 2.29. The van der Waals surface area contributed by atoms with E-state index in [1.165, 1.54) is 22.5 Å². The Morgan fingerprint density at radius 2 is 2.20 bits per heavy atom. The van der Waals surface area contributed by atoms with Crippen molar-refractivity contribution >= 4 is 37.5 Å². The molecule has 0 saturated carbocycles. The summed E-state index contributed by atoms with van der Waals surface area (Å²) in [7, 11) is -3.73. The standard InChI is InChI=1S/C12H16BrN3O3S/c1-2-10-12(17)15-5-6-16(10)20(18,19)11-4-3-8(14)7-9(11)13/h3-4,7,10H,2,5-6,14H2,1H3,(H,15,17). The molecule has 8 heteroatoms. The average molecular weight is 362 g/mol. The van der Waals surface area contributed by atoms with Crippen LogP contribution >= 0.6 is 15.9 Å². The molecule has 1 atom stereocenters. The van der Waals surface area contributed by atoms with Gasteiger partial charge in [0.05, 0.1) is 4.90 Å². The minimum absolute atomic E-state index is 0.125. The van der Waals surface area contributed by atoms with Crippen LogP contribution in [0, 0.1) is 0 Å². The van der Waals surface area contributed by atoms with E-state index < -0.39 is 16.1 Å². The lowest BCUT2D eigenvalue weighted by Crippen LogP contribution is -2.56. The normalized spacial score (nSPS) is 20.7. The monoisotopic (exact) mass is 361 g/mol. The highest BCUT2D eigenvalue weighted by molar-refractivity contribution is 9.10. The van der Waals surface area contributed by atoms with Crippen molar-refractivity contribution in [1.82, 2.24) is 9.62 Å². The molecule has 110 valence electrons. The summed E-state index contributed by atoms with van der Waals surface area (Å²) >= 11 is 3.22. The predicted octanol–water partition coefficient (Wildman–Crippen LogP) is 0.930. The third kappa shape index (κ3) is 2.68. The zero-order valence-corrected chi connectivity index (χ0v) is 13.4. The van der Waals surface area contributed by atoms with Gasteiger partial charge >= 0.3 is 0 Å². The molecule has 1 aliphatic heterocycles. The van der Waals surface area contributed by atoms with E-state index in [1.807, 2.05) is 0 Å². The number of rotatable bonds is 3. The number of halogens is 1. The van der Waals surface area contributed by atoms with Crippen LogP contribution in [0.4, 0.5) is 5.69 Å². The van der Waals surface area contributed by atoms with Gasteiger partial charge in [-0.05, 0) is 40.5 Å². The summed E-state index contributed by atoms with van der Waals surface area (Å²) in [5.74, 6) is -0.256. The van der Waals surface area contributed by atoms with E-state index >= 15 is 0 Å². The summed E-state index contributed by atoms with van der Waals surface area (Å²) in [5, 5.41) is 2.68. The molecule has 1 aliphatic rings.